The Bertz CT molecular complexity index is 866. The normalized spacial score (nSPS) is 16.0. The van der Waals surface area contributed by atoms with Crippen LogP contribution in [0.4, 0.5) is 4.79 Å². The first-order valence-corrected chi connectivity index (χ1v) is 10.1. The van der Waals surface area contributed by atoms with Crippen molar-refractivity contribution in [3.05, 3.63) is 28.7 Å². The van der Waals surface area contributed by atoms with Crippen molar-refractivity contribution in [1.82, 2.24) is 4.90 Å². The Morgan fingerprint density at radius 1 is 1.20 bits per heavy atom. The highest BCUT2D eigenvalue weighted by Crippen LogP contribution is 2.34. The molecule has 1 aliphatic rings. The molecule has 0 aliphatic carbocycles. The molecule has 10 heteroatoms. The summed E-state index contributed by atoms with van der Waals surface area (Å²) in [6.07, 6.45) is 1.82. The minimum atomic E-state index is -1.12. The van der Waals surface area contributed by atoms with Gasteiger partial charge in [-0.1, -0.05) is 13.0 Å². The van der Waals surface area contributed by atoms with Crippen LogP contribution in [0.2, 0.25) is 0 Å². The van der Waals surface area contributed by atoms with E-state index in [1.165, 1.54) is 12.1 Å². The number of carboxylic acid groups (broad SMARTS) is 1. The number of aliphatic carboxylic acids is 1. The molecule has 1 fully saturated rings. The smallest absolute Gasteiger partial charge is 0.341 e. The highest BCUT2D eigenvalue weighted by molar-refractivity contribution is 8.18. The van der Waals surface area contributed by atoms with E-state index in [0.29, 0.717) is 24.3 Å². The zero-order valence-electron chi connectivity index (χ0n) is 16.9. The average molecular weight is 437 g/mol. The van der Waals surface area contributed by atoms with Crippen molar-refractivity contribution in [1.29, 1.82) is 0 Å². The summed E-state index contributed by atoms with van der Waals surface area (Å²) in [6.45, 7) is 4.70. The summed E-state index contributed by atoms with van der Waals surface area (Å²) in [5.41, 5.74) is 0.550. The van der Waals surface area contributed by atoms with Gasteiger partial charge in [0.05, 0.1) is 17.6 Å². The highest BCUT2D eigenvalue weighted by Gasteiger charge is 2.36. The molecular formula is C20H23NO8S. The number of nitrogens with zero attached hydrogens (tertiary/aromatic N) is 1. The number of benzene rings is 1. The van der Waals surface area contributed by atoms with Gasteiger partial charge in [-0.3, -0.25) is 19.3 Å². The van der Waals surface area contributed by atoms with Crippen molar-refractivity contribution in [3.8, 4) is 11.5 Å². The molecular weight excluding hydrogens is 414 g/mol. The molecule has 2 amide bonds. The average Bonchev–Trinajstić information content (AvgIpc) is 2.94. The van der Waals surface area contributed by atoms with Crippen LogP contribution in [0.25, 0.3) is 6.08 Å². The first-order chi connectivity index (χ1) is 14.2. The number of hydrogen-bond acceptors (Lipinski definition) is 8. The number of imide groups is 1. The molecule has 2 rings (SSSR count). The fourth-order valence-electron chi connectivity index (χ4n) is 2.40. The topological polar surface area (TPSA) is 119 Å². The zero-order chi connectivity index (χ0) is 22.3. The van der Waals surface area contributed by atoms with Crippen molar-refractivity contribution in [2.75, 3.05) is 19.8 Å². The Balaban J connectivity index is 2.16. The number of amides is 2. The standard InChI is InChI=1S/C20H23NO8S/c1-4-12(3)29-18(24)10-21-19(25)16(30-20(21)26)9-13-6-7-14(28-11-17(22)23)15(8-13)27-5-2/h6-9,12H,4-5,10-11H2,1-3H3,(H,22,23)/b16-9+/t12-/m0/s1. The maximum absolute atomic E-state index is 12.6. The Labute approximate surface area is 178 Å². The maximum atomic E-state index is 12.6. The number of hydrogen-bond donors (Lipinski definition) is 1. The van der Waals surface area contributed by atoms with Crippen LogP contribution in [0.1, 0.15) is 32.8 Å². The fraction of sp³-hybridized carbons (Fsp3) is 0.400. The van der Waals surface area contributed by atoms with Crippen LogP contribution in [-0.2, 0) is 19.1 Å². The first kappa shape index (κ1) is 23.3. The molecule has 9 nitrogen and oxygen atoms in total. The molecule has 0 saturated carbocycles. The molecule has 1 aromatic rings. The van der Waals surface area contributed by atoms with Crippen LogP contribution in [-0.4, -0.2) is 59.0 Å². The zero-order valence-corrected chi connectivity index (χ0v) is 17.7. The number of rotatable bonds is 10. The summed E-state index contributed by atoms with van der Waals surface area (Å²) >= 11 is 0.722. The molecule has 0 spiro atoms. The van der Waals surface area contributed by atoms with E-state index >= 15 is 0 Å². The number of carboxylic acids is 1. The summed E-state index contributed by atoms with van der Waals surface area (Å²) in [7, 11) is 0. The van der Waals surface area contributed by atoms with Crippen LogP contribution in [0.3, 0.4) is 0 Å². The van der Waals surface area contributed by atoms with Gasteiger partial charge in [0, 0.05) is 0 Å². The maximum Gasteiger partial charge on any atom is 0.341 e. The van der Waals surface area contributed by atoms with Crippen LogP contribution in [0.15, 0.2) is 23.1 Å². The quantitative estimate of drug-likeness (QED) is 0.435. The number of esters is 1. The van der Waals surface area contributed by atoms with Gasteiger partial charge in [-0.15, -0.1) is 0 Å². The molecule has 30 heavy (non-hydrogen) atoms. The number of ether oxygens (including phenoxy) is 3. The molecule has 1 saturated heterocycles. The van der Waals surface area contributed by atoms with E-state index in [-0.39, 0.29) is 16.8 Å². The van der Waals surface area contributed by atoms with E-state index in [1.807, 2.05) is 6.92 Å². The molecule has 1 atom stereocenters. The number of carbonyl (C=O) groups is 4. The molecule has 162 valence electrons. The van der Waals surface area contributed by atoms with Gasteiger partial charge < -0.3 is 19.3 Å². The van der Waals surface area contributed by atoms with Gasteiger partial charge in [0.1, 0.15) is 6.54 Å². The summed E-state index contributed by atoms with van der Waals surface area (Å²) < 4.78 is 15.8. The largest absolute Gasteiger partial charge is 0.490 e. The second kappa shape index (κ2) is 10.7. The minimum absolute atomic E-state index is 0.151. The molecule has 0 unspecified atom stereocenters. The Morgan fingerprint density at radius 3 is 2.57 bits per heavy atom. The third-order valence-electron chi connectivity index (χ3n) is 3.98. The molecule has 1 N–H and O–H groups in total. The number of carbonyl (C=O) groups excluding carboxylic acids is 3. The SMILES string of the molecule is CCOc1cc(/C=C2/SC(=O)N(CC(=O)O[C@@H](C)CC)C2=O)ccc1OCC(=O)O. The van der Waals surface area contributed by atoms with E-state index in [4.69, 9.17) is 19.3 Å². The number of thioether (sulfide) groups is 1. The van der Waals surface area contributed by atoms with Gasteiger partial charge in [-0.25, -0.2) is 4.79 Å². The van der Waals surface area contributed by atoms with E-state index in [1.54, 1.807) is 26.0 Å². The lowest BCUT2D eigenvalue weighted by Crippen LogP contribution is -2.35. The summed E-state index contributed by atoms with van der Waals surface area (Å²) in [5, 5.41) is 8.20. The molecule has 0 bridgehead atoms. The van der Waals surface area contributed by atoms with Crippen molar-refractivity contribution >= 4 is 40.9 Å². The third-order valence-corrected chi connectivity index (χ3v) is 4.89. The van der Waals surface area contributed by atoms with Gasteiger partial charge in [0.2, 0.25) is 0 Å². The van der Waals surface area contributed by atoms with Gasteiger partial charge in [-0.2, -0.15) is 0 Å². The molecule has 1 aromatic carbocycles. The molecule has 0 aromatic heterocycles. The van der Waals surface area contributed by atoms with E-state index in [0.717, 1.165) is 16.7 Å². The van der Waals surface area contributed by atoms with Gasteiger partial charge in [0.15, 0.2) is 18.1 Å². The second-order valence-electron chi connectivity index (χ2n) is 6.30. The van der Waals surface area contributed by atoms with E-state index in [2.05, 4.69) is 0 Å². The lowest BCUT2D eigenvalue weighted by Gasteiger charge is -2.14. The predicted octanol–water partition coefficient (Wildman–Crippen LogP) is 2.93. The van der Waals surface area contributed by atoms with Crippen LogP contribution in [0.5, 0.6) is 11.5 Å². The third kappa shape index (κ3) is 6.24. The van der Waals surface area contributed by atoms with Gasteiger partial charge in [-0.05, 0) is 55.8 Å². The lowest BCUT2D eigenvalue weighted by molar-refractivity contribution is -0.150. The van der Waals surface area contributed by atoms with E-state index < -0.39 is 36.2 Å². The minimum Gasteiger partial charge on any atom is -0.490 e. The summed E-state index contributed by atoms with van der Waals surface area (Å²) in [5.74, 6) is -1.80. The predicted molar refractivity (Wildman–Crippen MR) is 109 cm³/mol. The van der Waals surface area contributed by atoms with Crippen LogP contribution >= 0.6 is 11.8 Å². The second-order valence-corrected chi connectivity index (χ2v) is 7.29. The van der Waals surface area contributed by atoms with Crippen LogP contribution < -0.4 is 9.47 Å². The molecule has 0 radical (unpaired) electrons. The monoisotopic (exact) mass is 437 g/mol. The Kier molecular flexibility index (Phi) is 8.28. The summed E-state index contributed by atoms with van der Waals surface area (Å²) in [6, 6.07) is 4.70. The van der Waals surface area contributed by atoms with Crippen molar-refractivity contribution in [2.24, 2.45) is 0 Å². The van der Waals surface area contributed by atoms with Crippen molar-refractivity contribution in [2.45, 2.75) is 33.3 Å². The Morgan fingerprint density at radius 2 is 1.93 bits per heavy atom. The van der Waals surface area contributed by atoms with Crippen molar-refractivity contribution < 1.29 is 38.5 Å². The van der Waals surface area contributed by atoms with Gasteiger partial charge >= 0.3 is 11.9 Å². The summed E-state index contributed by atoms with van der Waals surface area (Å²) in [4.78, 5) is 48.3. The van der Waals surface area contributed by atoms with Crippen molar-refractivity contribution in [3.63, 3.8) is 0 Å². The highest BCUT2D eigenvalue weighted by atomic mass is 32.2. The van der Waals surface area contributed by atoms with E-state index in [9.17, 15) is 19.2 Å². The Hall–Kier alpha value is -3.01. The molecule has 1 heterocycles. The molecule has 1 aliphatic heterocycles. The first-order valence-electron chi connectivity index (χ1n) is 9.31. The van der Waals surface area contributed by atoms with Crippen LogP contribution in [0, 0.1) is 0 Å². The fourth-order valence-corrected chi connectivity index (χ4v) is 3.24. The lowest BCUT2D eigenvalue weighted by atomic mass is 10.2. The van der Waals surface area contributed by atoms with Gasteiger partial charge in [0.25, 0.3) is 11.1 Å².